The molecule has 2 rings (SSSR count). The molecule has 92 valence electrons. The van der Waals surface area contributed by atoms with Gasteiger partial charge in [-0.05, 0) is 38.6 Å². The van der Waals surface area contributed by atoms with E-state index >= 15 is 0 Å². The van der Waals surface area contributed by atoms with Crippen LogP contribution in [0, 0.1) is 5.92 Å². The zero-order valence-corrected chi connectivity index (χ0v) is 10.1. The molecule has 0 aliphatic heterocycles. The summed E-state index contributed by atoms with van der Waals surface area (Å²) in [5, 5.41) is 3.01. The molecule has 0 saturated heterocycles. The predicted octanol–water partition coefficient (Wildman–Crippen LogP) is 0.324. The minimum absolute atomic E-state index is 0.208. The van der Waals surface area contributed by atoms with Crippen molar-refractivity contribution in [1.29, 1.82) is 0 Å². The fraction of sp³-hybridized carbons (Fsp3) is 0.917. The Bertz CT molecular complexity index is 247. The van der Waals surface area contributed by atoms with Gasteiger partial charge in [0.05, 0.1) is 0 Å². The summed E-state index contributed by atoms with van der Waals surface area (Å²) in [7, 11) is 2.09. The summed E-state index contributed by atoms with van der Waals surface area (Å²) >= 11 is 0. The van der Waals surface area contributed by atoms with E-state index in [4.69, 9.17) is 5.73 Å². The van der Waals surface area contributed by atoms with Crippen LogP contribution < -0.4 is 11.1 Å². The number of hydrogen-bond acceptors (Lipinski definition) is 3. The maximum Gasteiger partial charge on any atom is 0.221 e. The molecule has 16 heavy (non-hydrogen) atoms. The third kappa shape index (κ3) is 3.76. The van der Waals surface area contributed by atoms with Crippen molar-refractivity contribution >= 4 is 5.91 Å². The highest BCUT2D eigenvalue weighted by Gasteiger charge is 2.27. The lowest BCUT2D eigenvalue weighted by atomic mass is 9.80. The fourth-order valence-corrected chi connectivity index (χ4v) is 2.29. The van der Waals surface area contributed by atoms with Gasteiger partial charge in [-0.1, -0.05) is 0 Å². The van der Waals surface area contributed by atoms with Gasteiger partial charge >= 0.3 is 0 Å². The molecule has 0 aromatic heterocycles. The maximum atomic E-state index is 11.5. The smallest absolute Gasteiger partial charge is 0.221 e. The standard InChI is InChI=1S/C12H23N3O/c1-15(8-9-6-10(13)7-9)5-4-12(16)14-11-2-3-11/h9-11H,2-8,13H2,1H3,(H,14,16). The van der Waals surface area contributed by atoms with E-state index in [-0.39, 0.29) is 5.91 Å². The molecule has 0 aromatic carbocycles. The number of nitrogens with one attached hydrogen (secondary N) is 1. The van der Waals surface area contributed by atoms with E-state index in [1.165, 1.54) is 12.8 Å². The molecule has 3 N–H and O–H groups in total. The monoisotopic (exact) mass is 225 g/mol. The first kappa shape index (κ1) is 11.9. The molecule has 0 bridgehead atoms. The van der Waals surface area contributed by atoms with Crippen LogP contribution in [0.5, 0.6) is 0 Å². The van der Waals surface area contributed by atoms with Crippen molar-refractivity contribution in [3.63, 3.8) is 0 Å². The summed E-state index contributed by atoms with van der Waals surface area (Å²) in [5.74, 6) is 0.964. The van der Waals surface area contributed by atoms with E-state index in [2.05, 4.69) is 17.3 Å². The summed E-state index contributed by atoms with van der Waals surface area (Å²) in [4.78, 5) is 13.7. The number of nitrogens with zero attached hydrogens (tertiary/aromatic N) is 1. The Labute approximate surface area is 97.6 Å². The fourth-order valence-electron chi connectivity index (χ4n) is 2.29. The van der Waals surface area contributed by atoms with Gasteiger partial charge in [0.15, 0.2) is 0 Å². The van der Waals surface area contributed by atoms with Gasteiger partial charge in [-0.2, -0.15) is 0 Å². The molecule has 4 nitrogen and oxygen atoms in total. The topological polar surface area (TPSA) is 58.4 Å². The van der Waals surface area contributed by atoms with Crippen molar-refractivity contribution in [2.24, 2.45) is 11.7 Å². The average molecular weight is 225 g/mol. The van der Waals surface area contributed by atoms with Gasteiger partial charge in [0.1, 0.15) is 0 Å². The van der Waals surface area contributed by atoms with Gasteiger partial charge in [0.25, 0.3) is 0 Å². The lowest BCUT2D eigenvalue weighted by Crippen LogP contribution is -2.42. The van der Waals surface area contributed by atoms with Crippen molar-refractivity contribution in [2.45, 2.75) is 44.2 Å². The van der Waals surface area contributed by atoms with Crippen LogP contribution in [-0.4, -0.2) is 43.0 Å². The van der Waals surface area contributed by atoms with Crippen molar-refractivity contribution < 1.29 is 4.79 Å². The molecule has 1 amide bonds. The quantitative estimate of drug-likeness (QED) is 0.684. The molecule has 4 heteroatoms. The molecule has 2 aliphatic rings. The summed E-state index contributed by atoms with van der Waals surface area (Å²) in [6.07, 6.45) is 5.27. The van der Waals surface area contributed by atoms with Crippen LogP contribution in [0.4, 0.5) is 0 Å². The first-order chi connectivity index (χ1) is 7.63. The van der Waals surface area contributed by atoms with Crippen LogP contribution >= 0.6 is 0 Å². The third-order valence-electron chi connectivity index (χ3n) is 3.51. The number of carbonyl (C=O) groups is 1. The highest BCUT2D eigenvalue weighted by molar-refractivity contribution is 5.76. The Morgan fingerprint density at radius 3 is 2.69 bits per heavy atom. The van der Waals surface area contributed by atoms with Crippen LogP contribution in [0.15, 0.2) is 0 Å². The second-order valence-electron chi connectivity index (χ2n) is 5.45. The average Bonchev–Trinajstić information content (AvgIpc) is 2.96. The Kier molecular flexibility index (Phi) is 3.82. The molecule has 0 atom stereocenters. The summed E-state index contributed by atoms with van der Waals surface area (Å²) < 4.78 is 0. The Morgan fingerprint density at radius 2 is 2.12 bits per heavy atom. The SMILES string of the molecule is CN(CCC(=O)NC1CC1)CC1CC(N)C1. The largest absolute Gasteiger partial charge is 0.353 e. The molecule has 2 saturated carbocycles. The molecule has 2 aliphatic carbocycles. The van der Waals surface area contributed by atoms with Crippen LogP contribution in [0.1, 0.15) is 32.1 Å². The lowest BCUT2D eigenvalue weighted by Gasteiger charge is -2.35. The minimum Gasteiger partial charge on any atom is -0.353 e. The van der Waals surface area contributed by atoms with E-state index in [1.807, 2.05) is 0 Å². The van der Waals surface area contributed by atoms with Gasteiger partial charge in [-0.25, -0.2) is 0 Å². The first-order valence-electron chi connectivity index (χ1n) is 6.37. The number of amides is 1. The van der Waals surface area contributed by atoms with Crippen LogP contribution in [-0.2, 0) is 4.79 Å². The minimum atomic E-state index is 0.208. The van der Waals surface area contributed by atoms with Crippen molar-refractivity contribution in [3.05, 3.63) is 0 Å². The predicted molar refractivity (Wildman–Crippen MR) is 64.0 cm³/mol. The van der Waals surface area contributed by atoms with E-state index in [0.29, 0.717) is 18.5 Å². The Morgan fingerprint density at radius 1 is 1.44 bits per heavy atom. The Hall–Kier alpha value is -0.610. The van der Waals surface area contributed by atoms with Gasteiger partial charge in [-0.3, -0.25) is 4.79 Å². The van der Waals surface area contributed by atoms with Gasteiger partial charge < -0.3 is 16.0 Å². The first-order valence-corrected chi connectivity index (χ1v) is 6.37. The van der Waals surface area contributed by atoms with E-state index in [0.717, 1.165) is 31.8 Å². The molecule has 0 radical (unpaired) electrons. The van der Waals surface area contributed by atoms with Crippen molar-refractivity contribution in [2.75, 3.05) is 20.1 Å². The highest BCUT2D eigenvalue weighted by atomic mass is 16.1. The van der Waals surface area contributed by atoms with Crippen molar-refractivity contribution in [1.82, 2.24) is 10.2 Å². The van der Waals surface area contributed by atoms with E-state index < -0.39 is 0 Å². The molecular weight excluding hydrogens is 202 g/mol. The number of rotatable bonds is 6. The molecule has 0 unspecified atom stereocenters. The van der Waals surface area contributed by atoms with Gasteiger partial charge in [0.2, 0.25) is 5.91 Å². The second-order valence-corrected chi connectivity index (χ2v) is 5.45. The van der Waals surface area contributed by atoms with Gasteiger partial charge in [-0.15, -0.1) is 0 Å². The normalized spacial score (nSPS) is 28.9. The van der Waals surface area contributed by atoms with Gasteiger partial charge in [0, 0.05) is 31.6 Å². The maximum absolute atomic E-state index is 11.5. The van der Waals surface area contributed by atoms with Crippen molar-refractivity contribution in [3.8, 4) is 0 Å². The summed E-state index contributed by atoms with van der Waals surface area (Å²) in [6.45, 7) is 1.95. The van der Waals surface area contributed by atoms with E-state index in [1.54, 1.807) is 0 Å². The summed E-state index contributed by atoms with van der Waals surface area (Å²) in [6, 6.07) is 0.916. The molecule has 2 fully saturated rings. The zero-order valence-electron chi connectivity index (χ0n) is 10.1. The molecular formula is C12H23N3O. The number of nitrogens with two attached hydrogens (primary N) is 1. The second kappa shape index (κ2) is 5.15. The lowest BCUT2D eigenvalue weighted by molar-refractivity contribution is -0.121. The third-order valence-corrected chi connectivity index (χ3v) is 3.51. The number of carbonyl (C=O) groups excluding carboxylic acids is 1. The number of hydrogen-bond donors (Lipinski definition) is 2. The van der Waals surface area contributed by atoms with E-state index in [9.17, 15) is 4.79 Å². The zero-order chi connectivity index (χ0) is 11.5. The highest BCUT2D eigenvalue weighted by Crippen LogP contribution is 2.26. The van der Waals surface area contributed by atoms with Crippen LogP contribution in [0.2, 0.25) is 0 Å². The molecule has 0 aromatic rings. The van der Waals surface area contributed by atoms with Crippen LogP contribution in [0.3, 0.4) is 0 Å². The van der Waals surface area contributed by atoms with Crippen LogP contribution in [0.25, 0.3) is 0 Å². The Balaban J connectivity index is 1.52. The molecule has 0 spiro atoms. The summed E-state index contributed by atoms with van der Waals surface area (Å²) in [5.41, 5.74) is 5.75. The molecule has 0 heterocycles.